The lowest BCUT2D eigenvalue weighted by atomic mass is 9.94. The van der Waals surface area contributed by atoms with Crippen molar-refractivity contribution in [2.24, 2.45) is 0 Å². The van der Waals surface area contributed by atoms with Gasteiger partial charge in [-0.05, 0) is 38.5 Å². The molecular weight excluding hydrogens is 263 g/mol. The normalized spacial score (nSPS) is 11.4. The van der Waals surface area contributed by atoms with Crippen LogP contribution in [0.4, 0.5) is 4.39 Å². The number of aryl methyl sites for hydroxylation is 1. The summed E-state index contributed by atoms with van der Waals surface area (Å²) in [6.07, 6.45) is 0. The lowest BCUT2D eigenvalue weighted by molar-refractivity contribution is 0.0907. The van der Waals surface area contributed by atoms with Crippen LogP contribution >= 0.6 is 11.3 Å². The molecular formula is C14H15FN2OS. The molecule has 2 aromatic rings. The predicted molar refractivity (Wildman–Crippen MR) is 73.7 cm³/mol. The number of amides is 1. The summed E-state index contributed by atoms with van der Waals surface area (Å²) in [5.74, 6) is -0.514. The van der Waals surface area contributed by atoms with Crippen molar-refractivity contribution in [3.05, 3.63) is 51.7 Å². The number of hydrogen-bond donors (Lipinski definition) is 1. The minimum Gasteiger partial charge on any atom is -0.342 e. The number of hydrogen-bond acceptors (Lipinski definition) is 3. The first-order valence-electron chi connectivity index (χ1n) is 5.89. The molecule has 1 heterocycles. The fraction of sp³-hybridized carbons (Fsp3) is 0.286. The van der Waals surface area contributed by atoms with Crippen molar-refractivity contribution in [2.45, 2.75) is 26.3 Å². The molecule has 0 saturated heterocycles. The molecule has 0 unspecified atom stereocenters. The van der Waals surface area contributed by atoms with Gasteiger partial charge in [0.25, 0.3) is 5.91 Å². The molecule has 5 heteroatoms. The van der Waals surface area contributed by atoms with Crippen molar-refractivity contribution in [1.82, 2.24) is 10.3 Å². The van der Waals surface area contributed by atoms with Crippen LogP contribution in [0.5, 0.6) is 0 Å². The second-order valence-electron chi connectivity index (χ2n) is 4.84. The average Bonchev–Trinajstić information content (AvgIpc) is 2.76. The van der Waals surface area contributed by atoms with Gasteiger partial charge in [-0.3, -0.25) is 4.79 Å². The van der Waals surface area contributed by atoms with Crippen LogP contribution in [0.2, 0.25) is 0 Å². The van der Waals surface area contributed by atoms with E-state index in [1.807, 2.05) is 20.8 Å². The third-order valence-corrected chi connectivity index (χ3v) is 3.62. The van der Waals surface area contributed by atoms with E-state index in [0.29, 0.717) is 5.69 Å². The molecule has 1 N–H and O–H groups in total. The molecule has 0 fully saturated rings. The van der Waals surface area contributed by atoms with Gasteiger partial charge in [-0.15, -0.1) is 11.3 Å². The molecule has 0 saturated carbocycles. The molecule has 0 spiro atoms. The number of aromatic nitrogens is 1. The number of benzene rings is 1. The Morgan fingerprint density at radius 2 is 1.95 bits per heavy atom. The third kappa shape index (κ3) is 3.17. The van der Waals surface area contributed by atoms with Crippen LogP contribution < -0.4 is 5.32 Å². The van der Waals surface area contributed by atoms with Gasteiger partial charge in [0.2, 0.25) is 0 Å². The molecule has 100 valence electrons. The zero-order valence-electron chi connectivity index (χ0n) is 11.0. The summed E-state index contributed by atoms with van der Waals surface area (Å²) in [4.78, 5) is 16.2. The zero-order valence-corrected chi connectivity index (χ0v) is 11.8. The maximum Gasteiger partial charge on any atom is 0.271 e. The summed E-state index contributed by atoms with van der Waals surface area (Å²) < 4.78 is 12.9. The number of halogens is 1. The number of carbonyl (C=O) groups excluding carboxylic acids is 1. The average molecular weight is 278 g/mol. The summed E-state index contributed by atoms with van der Waals surface area (Å²) in [7, 11) is 0. The number of rotatable bonds is 3. The van der Waals surface area contributed by atoms with E-state index in [1.54, 1.807) is 17.5 Å². The van der Waals surface area contributed by atoms with E-state index in [0.717, 1.165) is 10.6 Å². The zero-order chi connectivity index (χ0) is 14.0. The minimum absolute atomic E-state index is 0.223. The molecule has 3 nitrogen and oxygen atoms in total. The van der Waals surface area contributed by atoms with Crippen LogP contribution in [0.1, 0.15) is 34.9 Å². The van der Waals surface area contributed by atoms with Crippen molar-refractivity contribution in [3.8, 4) is 0 Å². The van der Waals surface area contributed by atoms with E-state index >= 15 is 0 Å². The van der Waals surface area contributed by atoms with Gasteiger partial charge in [0.05, 0.1) is 10.5 Å². The first-order valence-corrected chi connectivity index (χ1v) is 6.77. The Kier molecular flexibility index (Phi) is 3.66. The molecule has 19 heavy (non-hydrogen) atoms. The van der Waals surface area contributed by atoms with E-state index < -0.39 is 5.54 Å². The maximum absolute atomic E-state index is 12.9. The van der Waals surface area contributed by atoms with Gasteiger partial charge in [-0.2, -0.15) is 0 Å². The van der Waals surface area contributed by atoms with Crippen LogP contribution in [0.3, 0.4) is 0 Å². The van der Waals surface area contributed by atoms with Crippen molar-refractivity contribution < 1.29 is 9.18 Å². The Morgan fingerprint density at radius 3 is 2.47 bits per heavy atom. The molecule has 0 radical (unpaired) electrons. The van der Waals surface area contributed by atoms with Gasteiger partial charge in [-0.1, -0.05) is 12.1 Å². The summed E-state index contributed by atoms with van der Waals surface area (Å²) in [6.45, 7) is 5.60. The topological polar surface area (TPSA) is 42.0 Å². The third-order valence-electron chi connectivity index (χ3n) is 2.84. The number of nitrogens with one attached hydrogen (secondary N) is 1. The molecule has 0 bridgehead atoms. The molecule has 0 aliphatic rings. The molecule has 1 amide bonds. The van der Waals surface area contributed by atoms with Crippen LogP contribution in [0, 0.1) is 12.7 Å². The van der Waals surface area contributed by atoms with E-state index in [1.165, 1.54) is 23.5 Å². The standard InChI is InChI=1S/C14H15FN2OS/c1-9-16-12(8-19-9)13(18)17-14(2,3)10-4-6-11(15)7-5-10/h4-8H,1-3H3,(H,17,18). The van der Waals surface area contributed by atoms with Crippen LogP contribution in [0.15, 0.2) is 29.6 Å². The van der Waals surface area contributed by atoms with Gasteiger partial charge < -0.3 is 5.32 Å². The van der Waals surface area contributed by atoms with Gasteiger partial charge in [0.15, 0.2) is 0 Å². The monoisotopic (exact) mass is 278 g/mol. The Balaban J connectivity index is 2.17. The summed E-state index contributed by atoms with van der Waals surface area (Å²) in [5, 5.41) is 5.48. The molecule has 0 aliphatic carbocycles. The van der Waals surface area contributed by atoms with Crippen molar-refractivity contribution in [3.63, 3.8) is 0 Å². The van der Waals surface area contributed by atoms with Gasteiger partial charge in [-0.25, -0.2) is 9.37 Å². The van der Waals surface area contributed by atoms with Gasteiger partial charge in [0.1, 0.15) is 11.5 Å². The number of nitrogens with zero attached hydrogens (tertiary/aromatic N) is 1. The fourth-order valence-electron chi connectivity index (χ4n) is 1.75. The summed E-state index contributed by atoms with van der Waals surface area (Å²) in [6, 6.07) is 6.11. The number of thiazole rings is 1. The summed E-state index contributed by atoms with van der Waals surface area (Å²) in [5.41, 5.74) is 0.675. The molecule has 1 aromatic heterocycles. The van der Waals surface area contributed by atoms with Crippen LogP contribution in [0.25, 0.3) is 0 Å². The van der Waals surface area contributed by atoms with E-state index in [4.69, 9.17) is 0 Å². The van der Waals surface area contributed by atoms with Crippen LogP contribution in [-0.4, -0.2) is 10.9 Å². The largest absolute Gasteiger partial charge is 0.342 e. The lowest BCUT2D eigenvalue weighted by Crippen LogP contribution is -2.41. The van der Waals surface area contributed by atoms with E-state index in [-0.39, 0.29) is 11.7 Å². The van der Waals surface area contributed by atoms with Crippen molar-refractivity contribution in [1.29, 1.82) is 0 Å². The van der Waals surface area contributed by atoms with Gasteiger partial charge >= 0.3 is 0 Å². The highest BCUT2D eigenvalue weighted by Crippen LogP contribution is 2.21. The Hall–Kier alpha value is -1.75. The molecule has 0 atom stereocenters. The first kappa shape index (κ1) is 13.7. The highest BCUT2D eigenvalue weighted by Gasteiger charge is 2.24. The van der Waals surface area contributed by atoms with Crippen molar-refractivity contribution in [2.75, 3.05) is 0 Å². The SMILES string of the molecule is Cc1nc(C(=O)NC(C)(C)c2ccc(F)cc2)cs1. The maximum atomic E-state index is 12.9. The van der Waals surface area contributed by atoms with Crippen molar-refractivity contribution >= 4 is 17.2 Å². The second kappa shape index (κ2) is 5.09. The molecule has 0 aliphatic heterocycles. The lowest BCUT2D eigenvalue weighted by Gasteiger charge is -2.26. The van der Waals surface area contributed by atoms with Gasteiger partial charge in [0, 0.05) is 5.38 Å². The Labute approximate surface area is 115 Å². The summed E-state index contributed by atoms with van der Waals surface area (Å²) >= 11 is 1.43. The second-order valence-corrected chi connectivity index (χ2v) is 5.90. The van der Waals surface area contributed by atoms with Crippen LogP contribution in [-0.2, 0) is 5.54 Å². The van der Waals surface area contributed by atoms with E-state index in [2.05, 4.69) is 10.3 Å². The number of carbonyl (C=O) groups is 1. The Bertz CT molecular complexity index is 590. The quantitative estimate of drug-likeness (QED) is 0.936. The van der Waals surface area contributed by atoms with E-state index in [9.17, 15) is 9.18 Å². The highest BCUT2D eigenvalue weighted by atomic mass is 32.1. The highest BCUT2D eigenvalue weighted by molar-refractivity contribution is 7.09. The fourth-order valence-corrected chi connectivity index (χ4v) is 2.35. The molecule has 1 aromatic carbocycles. The first-order chi connectivity index (χ1) is 8.88. The smallest absolute Gasteiger partial charge is 0.271 e. The molecule has 2 rings (SSSR count). The minimum atomic E-state index is -0.581. The predicted octanol–water partition coefficient (Wildman–Crippen LogP) is 3.26. The Morgan fingerprint density at radius 1 is 1.32 bits per heavy atom.